The van der Waals surface area contributed by atoms with Crippen molar-refractivity contribution < 1.29 is 14.3 Å². The molecule has 0 saturated heterocycles. The van der Waals surface area contributed by atoms with Crippen molar-refractivity contribution in [1.82, 2.24) is 4.90 Å². The van der Waals surface area contributed by atoms with Crippen LogP contribution in [0.2, 0.25) is 0 Å². The van der Waals surface area contributed by atoms with Crippen molar-refractivity contribution in [3.63, 3.8) is 0 Å². The standard InChI is InChI=1S/C10H13NO3S/c1-11(9(12)10(13)14-2)6-5-8-4-3-7-15-8/h3-4,7H,5-6H2,1-2H3. The Morgan fingerprint density at radius 3 is 2.80 bits per heavy atom. The largest absolute Gasteiger partial charge is 0.462 e. The van der Waals surface area contributed by atoms with E-state index in [0.29, 0.717) is 6.54 Å². The molecular formula is C10H13NO3S. The first-order valence-electron chi connectivity index (χ1n) is 4.51. The molecule has 0 fully saturated rings. The fourth-order valence-electron chi connectivity index (χ4n) is 1.08. The van der Waals surface area contributed by atoms with Crippen molar-refractivity contribution in [1.29, 1.82) is 0 Å². The van der Waals surface area contributed by atoms with Crippen LogP contribution in [0.25, 0.3) is 0 Å². The third-order valence-corrected chi connectivity index (χ3v) is 2.92. The molecule has 0 aromatic carbocycles. The molecule has 0 aliphatic rings. The summed E-state index contributed by atoms with van der Waals surface area (Å²) in [6.45, 7) is 0.522. The maximum atomic E-state index is 11.3. The molecule has 0 saturated carbocycles. The van der Waals surface area contributed by atoms with E-state index in [1.54, 1.807) is 18.4 Å². The number of esters is 1. The van der Waals surface area contributed by atoms with Gasteiger partial charge >= 0.3 is 11.9 Å². The fraction of sp³-hybridized carbons (Fsp3) is 0.400. The molecular weight excluding hydrogens is 214 g/mol. The second-order valence-electron chi connectivity index (χ2n) is 3.05. The molecule has 1 heterocycles. The van der Waals surface area contributed by atoms with E-state index < -0.39 is 11.9 Å². The predicted molar refractivity (Wildman–Crippen MR) is 57.7 cm³/mol. The predicted octanol–water partition coefficient (Wildman–Crippen LogP) is 0.922. The summed E-state index contributed by atoms with van der Waals surface area (Å²) < 4.78 is 4.34. The summed E-state index contributed by atoms with van der Waals surface area (Å²) in [5, 5.41) is 1.98. The number of hydrogen-bond donors (Lipinski definition) is 0. The van der Waals surface area contributed by atoms with Gasteiger partial charge in [-0.1, -0.05) is 6.07 Å². The average molecular weight is 227 g/mol. The van der Waals surface area contributed by atoms with E-state index in [1.807, 2.05) is 17.5 Å². The van der Waals surface area contributed by atoms with E-state index >= 15 is 0 Å². The molecule has 0 radical (unpaired) electrons. The van der Waals surface area contributed by atoms with E-state index in [0.717, 1.165) is 6.42 Å². The van der Waals surface area contributed by atoms with Crippen LogP contribution in [0.4, 0.5) is 0 Å². The second-order valence-corrected chi connectivity index (χ2v) is 4.08. The molecule has 82 valence electrons. The molecule has 0 N–H and O–H groups in total. The number of ether oxygens (including phenoxy) is 1. The molecule has 0 spiro atoms. The SMILES string of the molecule is COC(=O)C(=O)N(C)CCc1cccs1. The zero-order valence-corrected chi connectivity index (χ0v) is 9.54. The van der Waals surface area contributed by atoms with Gasteiger partial charge in [-0.3, -0.25) is 4.79 Å². The Labute approximate surface area is 92.5 Å². The van der Waals surface area contributed by atoms with Gasteiger partial charge in [0.2, 0.25) is 0 Å². The first-order valence-corrected chi connectivity index (χ1v) is 5.39. The first kappa shape index (κ1) is 11.7. The molecule has 1 aromatic heterocycles. The van der Waals surface area contributed by atoms with Crippen molar-refractivity contribution >= 4 is 23.2 Å². The normalized spacial score (nSPS) is 9.73. The minimum Gasteiger partial charge on any atom is -0.462 e. The van der Waals surface area contributed by atoms with Gasteiger partial charge in [0, 0.05) is 18.5 Å². The van der Waals surface area contributed by atoms with E-state index in [9.17, 15) is 9.59 Å². The van der Waals surface area contributed by atoms with Gasteiger partial charge < -0.3 is 9.64 Å². The molecule has 0 unspecified atom stereocenters. The molecule has 0 aliphatic carbocycles. The first-order chi connectivity index (χ1) is 7.15. The number of likely N-dealkylation sites (N-methyl/N-ethyl adjacent to an activating group) is 1. The van der Waals surface area contributed by atoms with Crippen LogP contribution in [-0.2, 0) is 20.7 Å². The van der Waals surface area contributed by atoms with E-state index in [1.165, 1.54) is 16.9 Å². The Bertz CT molecular complexity index is 334. The topological polar surface area (TPSA) is 46.6 Å². The maximum absolute atomic E-state index is 11.3. The quantitative estimate of drug-likeness (QED) is 0.570. The lowest BCUT2D eigenvalue weighted by atomic mass is 10.3. The lowest BCUT2D eigenvalue weighted by molar-refractivity contribution is -0.157. The molecule has 1 aromatic rings. The van der Waals surface area contributed by atoms with Gasteiger partial charge in [0.15, 0.2) is 0 Å². The zero-order chi connectivity index (χ0) is 11.3. The summed E-state index contributed by atoms with van der Waals surface area (Å²) in [6.07, 6.45) is 0.761. The lowest BCUT2D eigenvalue weighted by Crippen LogP contribution is -2.35. The van der Waals surface area contributed by atoms with Gasteiger partial charge in [-0.2, -0.15) is 0 Å². The highest BCUT2D eigenvalue weighted by Gasteiger charge is 2.18. The molecule has 0 bridgehead atoms. The monoisotopic (exact) mass is 227 g/mol. The Hall–Kier alpha value is -1.36. The Kier molecular flexibility index (Phi) is 4.30. The minimum absolute atomic E-state index is 0.522. The van der Waals surface area contributed by atoms with Crippen LogP contribution in [0.15, 0.2) is 17.5 Å². The molecule has 1 rings (SSSR count). The van der Waals surface area contributed by atoms with Crippen LogP contribution in [0, 0.1) is 0 Å². The van der Waals surface area contributed by atoms with Gasteiger partial charge in [-0.15, -0.1) is 11.3 Å². The molecule has 0 atom stereocenters. The highest BCUT2D eigenvalue weighted by atomic mass is 32.1. The summed E-state index contributed by atoms with van der Waals surface area (Å²) in [4.78, 5) is 24.8. The van der Waals surface area contributed by atoms with Crippen molar-refractivity contribution in [3.8, 4) is 0 Å². The minimum atomic E-state index is -0.816. The average Bonchev–Trinajstić information content (AvgIpc) is 2.76. The third-order valence-electron chi connectivity index (χ3n) is 1.98. The van der Waals surface area contributed by atoms with Crippen LogP contribution >= 0.6 is 11.3 Å². The zero-order valence-electron chi connectivity index (χ0n) is 8.73. The Balaban J connectivity index is 2.39. The number of carbonyl (C=O) groups excluding carboxylic acids is 2. The Morgan fingerprint density at radius 2 is 2.27 bits per heavy atom. The van der Waals surface area contributed by atoms with Crippen molar-refractivity contribution in [3.05, 3.63) is 22.4 Å². The summed E-state index contributed by atoms with van der Waals surface area (Å²) in [5.74, 6) is -1.42. The molecule has 15 heavy (non-hydrogen) atoms. The number of thiophene rings is 1. The number of methoxy groups -OCH3 is 1. The van der Waals surface area contributed by atoms with Crippen molar-refractivity contribution in [2.24, 2.45) is 0 Å². The van der Waals surface area contributed by atoms with Crippen LogP contribution < -0.4 is 0 Å². The van der Waals surface area contributed by atoms with Crippen LogP contribution in [0.1, 0.15) is 4.88 Å². The van der Waals surface area contributed by atoms with Crippen molar-refractivity contribution in [2.75, 3.05) is 20.7 Å². The highest BCUT2D eigenvalue weighted by Crippen LogP contribution is 2.09. The summed E-state index contributed by atoms with van der Waals surface area (Å²) in [6, 6.07) is 3.96. The number of amides is 1. The van der Waals surface area contributed by atoms with Gasteiger partial charge in [0.25, 0.3) is 0 Å². The second kappa shape index (κ2) is 5.50. The molecule has 4 nitrogen and oxygen atoms in total. The van der Waals surface area contributed by atoms with Crippen LogP contribution in [-0.4, -0.2) is 37.5 Å². The van der Waals surface area contributed by atoms with Crippen LogP contribution in [0.5, 0.6) is 0 Å². The van der Waals surface area contributed by atoms with Gasteiger partial charge in [0.05, 0.1) is 7.11 Å². The molecule has 0 aliphatic heterocycles. The fourth-order valence-corrected chi connectivity index (χ4v) is 1.78. The number of rotatable bonds is 3. The van der Waals surface area contributed by atoms with Gasteiger partial charge in [-0.25, -0.2) is 4.79 Å². The smallest absolute Gasteiger partial charge is 0.396 e. The number of carbonyl (C=O) groups is 2. The van der Waals surface area contributed by atoms with E-state index in [4.69, 9.17) is 0 Å². The molecule has 1 amide bonds. The van der Waals surface area contributed by atoms with Gasteiger partial charge in [-0.05, 0) is 17.9 Å². The Morgan fingerprint density at radius 1 is 1.53 bits per heavy atom. The summed E-state index contributed by atoms with van der Waals surface area (Å²) >= 11 is 1.64. The van der Waals surface area contributed by atoms with Gasteiger partial charge in [0.1, 0.15) is 0 Å². The van der Waals surface area contributed by atoms with E-state index in [2.05, 4.69) is 4.74 Å². The summed E-state index contributed by atoms with van der Waals surface area (Å²) in [5.41, 5.74) is 0. The highest BCUT2D eigenvalue weighted by molar-refractivity contribution is 7.09. The number of nitrogens with zero attached hydrogens (tertiary/aromatic N) is 1. The summed E-state index contributed by atoms with van der Waals surface area (Å²) in [7, 11) is 2.79. The maximum Gasteiger partial charge on any atom is 0.396 e. The third kappa shape index (κ3) is 3.36. The van der Waals surface area contributed by atoms with Crippen LogP contribution in [0.3, 0.4) is 0 Å². The van der Waals surface area contributed by atoms with Crippen molar-refractivity contribution in [2.45, 2.75) is 6.42 Å². The number of hydrogen-bond acceptors (Lipinski definition) is 4. The lowest BCUT2D eigenvalue weighted by Gasteiger charge is -2.14. The van der Waals surface area contributed by atoms with E-state index in [-0.39, 0.29) is 0 Å². The molecule has 5 heteroatoms.